The van der Waals surface area contributed by atoms with Crippen LogP contribution in [-0.2, 0) is 17.6 Å². The normalized spacial score (nSPS) is 18.5. The van der Waals surface area contributed by atoms with Crippen molar-refractivity contribution in [2.24, 2.45) is 0 Å². The van der Waals surface area contributed by atoms with Crippen molar-refractivity contribution >= 4 is 5.91 Å². The lowest BCUT2D eigenvalue weighted by Gasteiger charge is -2.34. The van der Waals surface area contributed by atoms with E-state index in [4.69, 9.17) is 4.74 Å². The fourth-order valence-corrected chi connectivity index (χ4v) is 4.09. The number of carbonyl (C=O) groups excluding carboxylic acids is 1. The van der Waals surface area contributed by atoms with Crippen LogP contribution in [0.4, 0.5) is 0 Å². The molecule has 4 rings (SSSR count). The van der Waals surface area contributed by atoms with Gasteiger partial charge in [0, 0.05) is 37.6 Å². The molecular weight excluding hydrogens is 338 g/mol. The number of hydrogen-bond acceptors (Lipinski definition) is 4. The first-order chi connectivity index (χ1) is 13.3. The smallest absolute Gasteiger partial charge is 0.251 e. The Bertz CT molecular complexity index is 772. The minimum atomic E-state index is 0.00511. The lowest BCUT2D eigenvalue weighted by molar-refractivity contribution is 0.0161. The van der Waals surface area contributed by atoms with Crippen LogP contribution in [0.5, 0.6) is 0 Å². The first kappa shape index (κ1) is 18.1. The van der Waals surface area contributed by atoms with Crippen molar-refractivity contribution in [1.29, 1.82) is 0 Å². The molecule has 1 fully saturated rings. The number of fused-ring (bicyclic) bond motifs is 1. The summed E-state index contributed by atoms with van der Waals surface area (Å²) in [6.45, 7) is 3.77. The second kappa shape index (κ2) is 8.63. The van der Waals surface area contributed by atoms with Gasteiger partial charge < -0.3 is 10.1 Å². The summed E-state index contributed by atoms with van der Waals surface area (Å²) in [7, 11) is 0. The Hall–Kier alpha value is -2.24. The van der Waals surface area contributed by atoms with Crippen LogP contribution in [0.3, 0.4) is 0 Å². The Kier molecular flexibility index (Phi) is 5.80. The van der Waals surface area contributed by atoms with Crippen LogP contribution in [0.15, 0.2) is 42.7 Å². The largest absolute Gasteiger partial charge is 0.379 e. The standard InChI is InChI=1S/C22H27N3O2/c26-22(19-8-7-17-4-1-2-5-18(17)14-19)24-16-21(20-6-3-9-23-15-20)25-10-12-27-13-11-25/h3,6-9,14-15,21H,1-2,4-5,10-13,16H2,(H,24,26)/t21-/m1/s1. The molecule has 1 N–H and O–H groups in total. The Balaban J connectivity index is 1.46. The Morgan fingerprint density at radius 1 is 1.15 bits per heavy atom. The number of nitrogens with one attached hydrogen (secondary N) is 1. The fraction of sp³-hybridized carbons (Fsp3) is 0.455. The van der Waals surface area contributed by atoms with E-state index in [0.717, 1.165) is 50.3 Å². The van der Waals surface area contributed by atoms with E-state index >= 15 is 0 Å². The molecule has 0 spiro atoms. The maximum atomic E-state index is 12.8. The molecule has 0 saturated carbocycles. The zero-order valence-electron chi connectivity index (χ0n) is 15.7. The molecule has 1 amide bonds. The predicted octanol–water partition coefficient (Wildman–Crippen LogP) is 2.76. The molecule has 0 radical (unpaired) electrons. The number of rotatable bonds is 5. The van der Waals surface area contributed by atoms with E-state index in [1.165, 1.54) is 24.0 Å². The molecule has 0 bridgehead atoms. The van der Waals surface area contributed by atoms with E-state index < -0.39 is 0 Å². The quantitative estimate of drug-likeness (QED) is 0.885. The molecule has 5 heteroatoms. The molecule has 1 atom stereocenters. The van der Waals surface area contributed by atoms with Crippen LogP contribution in [-0.4, -0.2) is 48.6 Å². The molecule has 1 aromatic carbocycles. The highest BCUT2D eigenvalue weighted by atomic mass is 16.5. The van der Waals surface area contributed by atoms with Gasteiger partial charge in [0.15, 0.2) is 0 Å². The first-order valence-corrected chi connectivity index (χ1v) is 9.93. The van der Waals surface area contributed by atoms with Gasteiger partial charge in [-0.2, -0.15) is 0 Å². The molecule has 1 saturated heterocycles. The topological polar surface area (TPSA) is 54.5 Å². The molecule has 142 valence electrons. The number of morpholine rings is 1. The third-order valence-electron chi connectivity index (χ3n) is 5.62. The van der Waals surface area contributed by atoms with Gasteiger partial charge in [0.25, 0.3) is 5.91 Å². The zero-order valence-corrected chi connectivity index (χ0v) is 15.7. The Morgan fingerprint density at radius 3 is 2.74 bits per heavy atom. The minimum absolute atomic E-state index is 0.00511. The summed E-state index contributed by atoms with van der Waals surface area (Å²) >= 11 is 0. The molecule has 0 unspecified atom stereocenters. The average molecular weight is 365 g/mol. The van der Waals surface area contributed by atoms with Gasteiger partial charge >= 0.3 is 0 Å². The minimum Gasteiger partial charge on any atom is -0.379 e. The van der Waals surface area contributed by atoms with E-state index in [9.17, 15) is 4.79 Å². The summed E-state index contributed by atoms with van der Waals surface area (Å²) in [5.41, 5.74) is 4.64. The molecule has 5 nitrogen and oxygen atoms in total. The third kappa shape index (κ3) is 4.37. The summed E-state index contributed by atoms with van der Waals surface area (Å²) in [4.78, 5) is 19.4. The van der Waals surface area contributed by atoms with Gasteiger partial charge in [0.2, 0.25) is 0 Å². The lowest BCUT2D eigenvalue weighted by Crippen LogP contribution is -2.43. The second-order valence-corrected chi connectivity index (χ2v) is 7.35. The number of benzene rings is 1. The molecule has 1 aliphatic carbocycles. The van der Waals surface area contributed by atoms with Gasteiger partial charge in [-0.1, -0.05) is 12.1 Å². The Labute approximate surface area is 160 Å². The molecular formula is C22H27N3O2. The highest BCUT2D eigenvalue weighted by molar-refractivity contribution is 5.94. The van der Waals surface area contributed by atoms with Crippen LogP contribution < -0.4 is 5.32 Å². The molecule has 1 aromatic heterocycles. The maximum absolute atomic E-state index is 12.8. The summed E-state index contributed by atoms with van der Waals surface area (Å²) < 4.78 is 5.49. The number of aromatic nitrogens is 1. The van der Waals surface area contributed by atoms with Crippen LogP contribution in [0.1, 0.15) is 45.9 Å². The van der Waals surface area contributed by atoms with Crippen molar-refractivity contribution in [1.82, 2.24) is 15.2 Å². The van der Waals surface area contributed by atoms with Crippen LogP contribution in [0, 0.1) is 0 Å². The van der Waals surface area contributed by atoms with Gasteiger partial charge in [-0.3, -0.25) is 14.7 Å². The van der Waals surface area contributed by atoms with Gasteiger partial charge in [-0.05, 0) is 60.6 Å². The summed E-state index contributed by atoms with van der Waals surface area (Å²) in [6, 6.07) is 10.3. The molecule has 2 aliphatic rings. The van der Waals surface area contributed by atoms with E-state index in [1.807, 2.05) is 18.3 Å². The number of nitrogens with zero attached hydrogens (tertiary/aromatic N) is 2. The SMILES string of the molecule is O=C(NC[C@H](c1cccnc1)N1CCOCC1)c1ccc2c(c1)CCCC2. The predicted molar refractivity (Wildman–Crippen MR) is 105 cm³/mol. The van der Waals surface area contributed by atoms with Gasteiger partial charge in [0.05, 0.1) is 19.3 Å². The molecule has 1 aliphatic heterocycles. The van der Waals surface area contributed by atoms with Crippen molar-refractivity contribution in [3.8, 4) is 0 Å². The number of carbonyl (C=O) groups is 1. The van der Waals surface area contributed by atoms with Crippen LogP contribution >= 0.6 is 0 Å². The van der Waals surface area contributed by atoms with Crippen molar-refractivity contribution in [2.75, 3.05) is 32.8 Å². The third-order valence-corrected chi connectivity index (χ3v) is 5.62. The number of hydrogen-bond donors (Lipinski definition) is 1. The summed E-state index contributed by atoms with van der Waals surface area (Å²) in [6.07, 6.45) is 8.37. The van der Waals surface area contributed by atoms with Gasteiger partial charge in [-0.15, -0.1) is 0 Å². The van der Waals surface area contributed by atoms with Gasteiger partial charge in [-0.25, -0.2) is 0 Å². The van der Waals surface area contributed by atoms with Gasteiger partial charge in [0.1, 0.15) is 0 Å². The zero-order chi connectivity index (χ0) is 18.5. The summed E-state index contributed by atoms with van der Waals surface area (Å²) in [5.74, 6) is 0.00511. The van der Waals surface area contributed by atoms with Crippen LogP contribution in [0.2, 0.25) is 0 Å². The highest BCUT2D eigenvalue weighted by Gasteiger charge is 2.23. The Morgan fingerprint density at radius 2 is 1.96 bits per heavy atom. The van der Waals surface area contributed by atoms with Crippen LogP contribution in [0.25, 0.3) is 0 Å². The average Bonchev–Trinajstić information content (AvgIpc) is 2.75. The number of ether oxygens (including phenoxy) is 1. The number of aryl methyl sites for hydroxylation is 2. The first-order valence-electron chi connectivity index (χ1n) is 9.93. The van der Waals surface area contributed by atoms with Crippen molar-refractivity contribution in [3.63, 3.8) is 0 Å². The number of pyridine rings is 1. The maximum Gasteiger partial charge on any atom is 0.251 e. The van der Waals surface area contributed by atoms with E-state index in [1.54, 1.807) is 6.20 Å². The second-order valence-electron chi connectivity index (χ2n) is 7.35. The highest BCUT2D eigenvalue weighted by Crippen LogP contribution is 2.23. The lowest BCUT2D eigenvalue weighted by atomic mass is 9.90. The van der Waals surface area contributed by atoms with E-state index in [-0.39, 0.29) is 11.9 Å². The molecule has 2 aromatic rings. The van der Waals surface area contributed by atoms with E-state index in [0.29, 0.717) is 6.54 Å². The fourth-order valence-electron chi connectivity index (χ4n) is 4.09. The van der Waals surface area contributed by atoms with Crippen molar-refractivity contribution in [3.05, 3.63) is 65.0 Å². The molecule has 27 heavy (non-hydrogen) atoms. The number of amides is 1. The van der Waals surface area contributed by atoms with Crippen molar-refractivity contribution < 1.29 is 9.53 Å². The summed E-state index contributed by atoms with van der Waals surface area (Å²) in [5, 5.41) is 3.15. The van der Waals surface area contributed by atoms with E-state index in [2.05, 4.69) is 33.4 Å². The molecule has 2 heterocycles. The monoisotopic (exact) mass is 365 g/mol. The van der Waals surface area contributed by atoms with Crippen molar-refractivity contribution in [2.45, 2.75) is 31.7 Å².